The maximum absolute atomic E-state index is 11.4. The van der Waals surface area contributed by atoms with E-state index in [1.165, 1.54) is 0 Å². The van der Waals surface area contributed by atoms with Crippen molar-refractivity contribution in [3.05, 3.63) is 0 Å². The number of alkyl halides is 1. The average molecular weight is 252 g/mol. The summed E-state index contributed by atoms with van der Waals surface area (Å²) in [6.45, 7) is 4.28. The summed E-state index contributed by atoms with van der Waals surface area (Å²) < 4.78 is 4.72. The Kier molecular flexibility index (Phi) is 8.94. The van der Waals surface area contributed by atoms with E-state index >= 15 is 0 Å². The van der Waals surface area contributed by atoms with Gasteiger partial charge in [-0.1, -0.05) is 18.5 Å². The molecule has 0 spiro atoms. The van der Waals surface area contributed by atoms with Crippen molar-refractivity contribution in [2.75, 3.05) is 19.1 Å². The highest BCUT2D eigenvalue weighted by atomic mass is 35.5. The Morgan fingerprint density at radius 1 is 1.50 bits per heavy atom. The summed E-state index contributed by atoms with van der Waals surface area (Å²) in [6, 6.07) is 0. The molecule has 0 saturated carbocycles. The van der Waals surface area contributed by atoms with E-state index in [2.05, 4.69) is 5.16 Å². The van der Waals surface area contributed by atoms with Crippen LogP contribution >= 0.6 is 11.6 Å². The second-order valence-electron chi connectivity index (χ2n) is 3.05. The lowest BCUT2D eigenvalue weighted by Crippen LogP contribution is -2.32. The number of hydrogen-bond donors (Lipinski definition) is 1. The summed E-state index contributed by atoms with van der Waals surface area (Å²) in [7, 11) is 0. The topological polar surface area (TPSA) is 68.1 Å². The monoisotopic (exact) mass is 251 g/mol. The molecule has 0 aliphatic heterocycles. The summed E-state index contributed by atoms with van der Waals surface area (Å²) in [5, 5.41) is 13.0. The number of aliphatic hydroxyl groups excluding tert-OH is 1. The van der Waals surface area contributed by atoms with E-state index in [1.807, 2.05) is 6.92 Å². The largest absolute Gasteiger partial charge is 0.461 e. The summed E-state index contributed by atoms with van der Waals surface area (Å²) in [4.78, 5) is 16.3. The van der Waals surface area contributed by atoms with Crippen LogP contribution in [0.15, 0.2) is 5.16 Å². The molecular weight excluding hydrogens is 234 g/mol. The molecule has 0 aromatic carbocycles. The lowest BCUT2D eigenvalue weighted by molar-refractivity contribution is -0.135. The summed E-state index contributed by atoms with van der Waals surface area (Å²) in [5.74, 6) is -0.832. The second kappa shape index (κ2) is 9.42. The first-order valence-electron chi connectivity index (χ1n) is 5.28. The number of ether oxygens (including phenoxy) is 1. The molecular formula is C10H18ClNO4. The van der Waals surface area contributed by atoms with Gasteiger partial charge < -0.3 is 14.7 Å². The Bertz CT molecular complexity index is 233. The van der Waals surface area contributed by atoms with Gasteiger partial charge in [0.2, 0.25) is 0 Å². The normalized spacial score (nSPS) is 13.4. The summed E-state index contributed by atoms with van der Waals surface area (Å²) >= 11 is 5.44. The molecule has 0 heterocycles. The molecule has 1 N–H and O–H groups in total. The van der Waals surface area contributed by atoms with Gasteiger partial charge in [-0.3, -0.25) is 0 Å². The van der Waals surface area contributed by atoms with Crippen LogP contribution in [0.2, 0.25) is 0 Å². The Balaban J connectivity index is 4.35. The number of hydrogen-bond acceptors (Lipinski definition) is 5. The fraction of sp³-hybridized carbons (Fsp3) is 0.800. The number of esters is 1. The molecule has 0 amide bonds. The van der Waals surface area contributed by atoms with Gasteiger partial charge in [-0.15, -0.1) is 11.6 Å². The molecule has 0 radical (unpaired) electrons. The Hall–Kier alpha value is -0.810. The van der Waals surface area contributed by atoms with Crippen LogP contribution in [0, 0.1) is 0 Å². The predicted molar refractivity (Wildman–Crippen MR) is 61.7 cm³/mol. The Labute approximate surface area is 100 Å². The minimum atomic E-state index is -1.16. The number of nitrogens with zero attached hydrogens (tertiary/aromatic N) is 1. The van der Waals surface area contributed by atoms with Crippen LogP contribution in [0.25, 0.3) is 0 Å². The molecule has 0 bridgehead atoms. The lowest BCUT2D eigenvalue weighted by Gasteiger charge is -2.09. The number of halogens is 1. The third kappa shape index (κ3) is 5.92. The molecule has 0 saturated heterocycles. The van der Waals surface area contributed by atoms with E-state index in [-0.39, 0.29) is 18.2 Å². The van der Waals surface area contributed by atoms with E-state index in [4.69, 9.17) is 21.2 Å². The van der Waals surface area contributed by atoms with E-state index < -0.39 is 12.1 Å². The molecule has 1 unspecified atom stereocenters. The maximum Gasteiger partial charge on any atom is 0.358 e. The molecule has 5 nitrogen and oxygen atoms in total. The molecule has 0 aliphatic carbocycles. The highest BCUT2D eigenvalue weighted by Crippen LogP contribution is 1.98. The number of aliphatic hydroxyl groups is 1. The number of carbonyl (C=O) groups excluding carboxylic acids is 1. The molecule has 0 aromatic heterocycles. The van der Waals surface area contributed by atoms with Crippen molar-refractivity contribution >= 4 is 23.3 Å². The van der Waals surface area contributed by atoms with Crippen LogP contribution in [0.3, 0.4) is 0 Å². The second-order valence-corrected chi connectivity index (χ2v) is 3.36. The zero-order valence-electron chi connectivity index (χ0n) is 9.61. The third-order valence-electron chi connectivity index (χ3n) is 1.70. The highest BCUT2D eigenvalue weighted by molar-refractivity contribution is 6.39. The fourth-order valence-electron chi connectivity index (χ4n) is 0.836. The Morgan fingerprint density at radius 3 is 2.69 bits per heavy atom. The van der Waals surface area contributed by atoms with Gasteiger partial charge in [-0.05, 0) is 13.3 Å². The minimum absolute atomic E-state index is 0.130. The average Bonchev–Trinajstić information content (AvgIpc) is 2.28. The van der Waals surface area contributed by atoms with Crippen molar-refractivity contribution in [2.24, 2.45) is 5.16 Å². The SMILES string of the molecule is CCCCO/N=C(\C(=O)OCC)C(O)CCl. The number of oxime groups is 1. The van der Waals surface area contributed by atoms with Gasteiger partial charge in [0, 0.05) is 0 Å². The molecule has 94 valence electrons. The van der Waals surface area contributed by atoms with Crippen LogP contribution < -0.4 is 0 Å². The third-order valence-corrected chi connectivity index (χ3v) is 1.99. The van der Waals surface area contributed by atoms with E-state index in [0.717, 1.165) is 12.8 Å². The quantitative estimate of drug-likeness (QED) is 0.232. The Morgan fingerprint density at radius 2 is 2.19 bits per heavy atom. The first kappa shape index (κ1) is 15.2. The summed E-state index contributed by atoms with van der Waals surface area (Å²) in [6.07, 6.45) is 0.626. The zero-order chi connectivity index (χ0) is 12.4. The van der Waals surface area contributed by atoms with Crippen molar-refractivity contribution in [1.82, 2.24) is 0 Å². The molecule has 6 heteroatoms. The highest BCUT2D eigenvalue weighted by Gasteiger charge is 2.22. The molecule has 0 aromatic rings. The van der Waals surface area contributed by atoms with Gasteiger partial charge >= 0.3 is 5.97 Å². The number of unbranched alkanes of at least 4 members (excludes halogenated alkanes) is 1. The van der Waals surface area contributed by atoms with Crippen LogP contribution in [0.1, 0.15) is 26.7 Å². The maximum atomic E-state index is 11.4. The smallest absolute Gasteiger partial charge is 0.358 e. The van der Waals surface area contributed by atoms with Gasteiger partial charge in [-0.25, -0.2) is 4.79 Å². The van der Waals surface area contributed by atoms with Gasteiger partial charge in [0.25, 0.3) is 0 Å². The molecule has 0 aliphatic rings. The van der Waals surface area contributed by atoms with Gasteiger partial charge in [0.1, 0.15) is 12.7 Å². The van der Waals surface area contributed by atoms with Crippen molar-refractivity contribution in [1.29, 1.82) is 0 Å². The minimum Gasteiger partial charge on any atom is -0.461 e. The van der Waals surface area contributed by atoms with Crippen LogP contribution in [0.4, 0.5) is 0 Å². The summed E-state index contributed by atoms with van der Waals surface area (Å²) in [5.41, 5.74) is -0.187. The van der Waals surface area contributed by atoms with Crippen molar-refractivity contribution in [3.63, 3.8) is 0 Å². The first-order valence-corrected chi connectivity index (χ1v) is 5.81. The van der Waals surface area contributed by atoms with Gasteiger partial charge in [-0.2, -0.15) is 0 Å². The first-order chi connectivity index (χ1) is 7.67. The van der Waals surface area contributed by atoms with Crippen LogP contribution in [-0.2, 0) is 14.4 Å². The number of carbonyl (C=O) groups is 1. The van der Waals surface area contributed by atoms with Crippen molar-refractivity contribution in [2.45, 2.75) is 32.8 Å². The van der Waals surface area contributed by atoms with Crippen LogP contribution in [0.5, 0.6) is 0 Å². The van der Waals surface area contributed by atoms with Crippen molar-refractivity contribution in [3.8, 4) is 0 Å². The van der Waals surface area contributed by atoms with E-state index in [0.29, 0.717) is 6.61 Å². The lowest BCUT2D eigenvalue weighted by atomic mass is 10.2. The molecule has 0 fully saturated rings. The predicted octanol–water partition coefficient (Wildman–Crippen LogP) is 1.32. The van der Waals surface area contributed by atoms with Crippen LogP contribution in [-0.4, -0.2) is 42.0 Å². The number of rotatable bonds is 8. The van der Waals surface area contributed by atoms with Gasteiger partial charge in [0.15, 0.2) is 5.71 Å². The van der Waals surface area contributed by atoms with E-state index in [9.17, 15) is 9.90 Å². The molecule has 0 rings (SSSR count). The molecule has 16 heavy (non-hydrogen) atoms. The van der Waals surface area contributed by atoms with Gasteiger partial charge in [0.05, 0.1) is 12.5 Å². The van der Waals surface area contributed by atoms with Crippen molar-refractivity contribution < 1.29 is 19.5 Å². The zero-order valence-corrected chi connectivity index (χ0v) is 10.4. The standard InChI is InChI=1S/C10H18ClNO4/c1-3-5-6-16-12-9(8(13)7-11)10(14)15-4-2/h8,13H,3-7H2,1-2H3/b12-9-. The molecule has 1 atom stereocenters. The van der Waals surface area contributed by atoms with E-state index in [1.54, 1.807) is 6.92 Å². The fourth-order valence-corrected chi connectivity index (χ4v) is 0.982.